The van der Waals surface area contributed by atoms with Gasteiger partial charge in [0, 0.05) is 6.04 Å². The molecule has 2 rings (SSSR count). The highest BCUT2D eigenvalue weighted by Gasteiger charge is 2.32. The first-order valence-corrected chi connectivity index (χ1v) is 7.68. The Kier molecular flexibility index (Phi) is 3.91. The molecule has 1 aliphatic rings. The number of aliphatic carboxylic acids is 1. The largest absolute Gasteiger partial charge is 0.481 e. The molecule has 0 unspecified atom stereocenters. The molecule has 0 saturated heterocycles. The van der Waals surface area contributed by atoms with E-state index in [1.54, 1.807) is 18.2 Å². The molecule has 2 atom stereocenters. The summed E-state index contributed by atoms with van der Waals surface area (Å²) in [6, 6.07) is 6.38. The summed E-state index contributed by atoms with van der Waals surface area (Å²) >= 11 is 0. The van der Waals surface area contributed by atoms with Gasteiger partial charge in [-0.2, -0.15) is 0 Å². The van der Waals surface area contributed by atoms with Crippen LogP contribution in [0.5, 0.6) is 0 Å². The molecule has 2 N–H and O–H groups in total. The van der Waals surface area contributed by atoms with Crippen LogP contribution in [0, 0.1) is 12.8 Å². The first-order valence-electron chi connectivity index (χ1n) is 6.20. The lowest BCUT2D eigenvalue weighted by atomic mass is 10.1. The number of aryl methyl sites for hydroxylation is 1. The smallest absolute Gasteiger partial charge is 0.306 e. The number of carboxylic acids is 1. The Labute approximate surface area is 112 Å². The zero-order valence-electron chi connectivity index (χ0n) is 10.7. The summed E-state index contributed by atoms with van der Waals surface area (Å²) in [4.78, 5) is 11.1. The Morgan fingerprint density at radius 3 is 2.68 bits per heavy atom. The Morgan fingerprint density at radius 1 is 1.37 bits per heavy atom. The summed E-state index contributed by atoms with van der Waals surface area (Å²) in [7, 11) is -3.56. The first kappa shape index (κ1) is 14.0. The Bertz CT molecular complexity index is 582. The SMILES string of the molecule is Cc1cccc(S(=O)(=O)N[C@H]2CC[C@@H](C(=O)O)C2)c1. The Morgan fingerprint density at radius 2 is 2.11 bits per heavy atom. The maximum atomic E-state index is 12.2. The summed E-state index contributed by atoms with van der Waals surface area (Å²) < 4.78 is 26.9. The van der Waals surface area contributed by atoms with Gasteiger partial charge in [0.1, 0.15) is 0 Å². The van der Waals surface area contributed by atoms with Gasteiger partial charge >= 0.3 is 5.97 Å². The number of benzene rings is 1. The number of hydrogen-bond acceptors (Lipinski definition) is 3. The minimum absolute atomic E-state index is 0.228. The third-order valence-electron chi connectivity index (χ3n) is 3.40. The fraction of sp³-hybridized carbons (Fsp3) is 0.462. The monoisotopic (exact) mass is 283 g/mol. The molecule has 1 aromatic carbocycles. The van der Waals surface area contributed by atoms with Gasteiger partial charge < -0.3 is 5.11 Å². The van der Waals surface area contributed by atoms with Crippen molar-refractivity contribution in [3.63, 3.8) is 0 Å². The lowest BCUT2D eigenvalue weighted by Gasteiger charge is -2.13. The zero-order chi connectivity index (χ0) is 14.0. The summed E-state index contributed by atoms with van der Waals surface area (Å²) in [6.07, 6.45) is 1.46. The first-order chi connectivity index (χ1) is 8.88. The van der Waals surface area contributed by atoms with Crippen LogP contribution >= 0.6 is 0 Å². The summed E-state index contributed by atoms with van der Waals surface area (Å²) in [5.41, 5.74) is 0.873. The van der Waals surface area contributed by atoms with Crippen LogP contribution in [0.1, 0.15) is 24.8 Å². The minimum atomic E-state index is -3.56. The predicted octanol–water partition coefficient (Wildman–Crippen LogP) is 1.53. The maximum Gasteiger partial charge on any atom is 0.306 e. The van der Waals surface area contributed by atoms with Gasteiger partial charge in [-0.15, -0.1) is 0 Å². The molecule has 19 heavy (non-hydrogen) atoms. The van der Waals surface area contributed by atoms with Crippen LogP contribution in [-0.2, 0) is 14.8 Å². The molecule has 1 saturated carbocycles. The van der Waals surface area contributed by atoms with Crippen LogP contribution in [0.15, 0.2) is 29.2 Å². The lowest BCUT2D eigenvalue weighted by Crippen LogP contribution is -2.33. The molecule has 1 fully saturated rings. The second kappa shape index (κ2) is 5.30. The van der Waals surface area contributed by atoms with Crippen LogP contribution < -0.4 is 4.72 Å². The molecule has 5 nitrogen and oxygen atoms in total. The Hall–Kier alpha value is -1.40. The van der Waals surface area contributed by atoms with Crippen molar-refractivity contribution in [3.05, 3.63) is 29.8 Å². The second-order valence-corrected chi connectivity index (χ2v) is 6.70. The average Bonchev–Trinajstić information content (AvgIpc) is 2.77. The van der Waals surface area contributed by atoms with Gasteiger partial charge in [-0.05, 0) is 43.9 Å². The van der Waals surface area contributed by atoms with Gasteiger partial charge in [-0.25, -0.2) is 13.1 Å². The fourth-order valence-corrected chi connectivity index (χ4v) is 3.77. The van der Waals surface area contributed by atoms with Crippen molar-refractivity contribution in [2.45, 2.75) is 37.1 Å². The number of rotatable bonds is 4. The summed E-state index contributed by atoms with van der Waals surface area (Å²) in [5, 5.41) is 8.91. The van der Waals surface area contributed by atoms with Crippen molar-refractivity contribution < 1.29 is 18.3 Å². The van der Waals surface area contributed by atoms with E-state index in [1.807, 2.05) is 13.0 Å². The van der Waals surface area contributed by atoms with E-state index < -0.39 is 21.9 Å². The number of carboxylic acid groups (broad SMARTS) is 1. The van der Waals surface area contributed by atoms with E-state index in [1.165, 1.54) is 0 Å². The third kappa shape index (κ3) is 3.33. The molecule has 104 valence electrons. The fourth-order valence-electron chi connectivity index (χ4n) is 2.38. The van der Waals surface area contributed by atoms with Crippen molar-refractivity contribution in [1.29, 1.82) is 0 Å². The van der Waals surface area contributed by atoms with Crippen LogP contribution in [0.25, 0.3) is 0 Å². The number of hydrogen-bond donors (Lipinski definition) is 2. The molecule has 0 aromatic heterocycles. The summed E-state index contributed by atoms with van der Waals surface area (Å²) in [5.74, 6) is -1.29. The molecule has 0 radical (unpaired) electrons. The van der Waals surface area contributed by atoms with Crippen molar-refractivity contribution in [1.82, 2.24) is 4.72 Å². The molecule has 1 aromatic rings. The molecular formula is C13H17NO4S. The van der Waals surface area contributed by atoms with Gasteiger partial charge in [0.05, 0.1) is 10.8 Å². The normalized spacial score (nSPS) is 23.4. The summed E-state index contributed by atoms with van der Waals surface area (Å²) in [6.45, 7) is 1.83. The number of sulfonamides is 1. The zero-order valence-corrected chi connectivity index (χ0v) is 11.5. The molecule has 0 heterocycles. The van der Waals surface area contributed by atoms with E-state index in [0.29, 0.717) is 19.3 Å². The molecule has 0 bridgehead atoms. The topological polar surface area (TPSA) is 83.5 Å². The number of nitrogens with one attached hydrogen (secondary N) is 1. The van der Waals surface area contributed by atoms with E-state index in [4.69, 9.17) is 5.11 Å². The minimum Gasteiger partial charge on any atom is -0.481 e. The number of carbonyl (C=O) groups is 1. The lowest BCUT2D eigenvalue weighted by molar-refractivity contribution is -0.141. The van der Waals surface area contributed by atoms with Crippen molar-refractivity contribution in [2.75, 3.05) is 0 Å². The molecular weight excluding hydrogens is 266 g/mol. The predicted molar refractivity (Wildman–Crippen MR) is 70.3 cm³/mol. The highest BCUT2D eigenvalue weighted by Crippen LogP contribution is 2.27. The van der Waals surface area contributed by atoms with E-state index in [0.717, 1.165) is 5.56 Å². The van der Waals surface area contributed by atoms with Gasteiger partial charge in [-0.1, -0.05) is 12.1 Å². The quantitative estimate of drug-likeness (QED) is 0.877. The molecule has 0 amide bonds. The third-order valence-corrected chi connectivity index (χ3v) is 4.92. The van der Waals surface area contributed by atoms with Gasteiger partial charge in [0.2, 0.25) is 10.0 Å². The molecule has 0 spiro atoms. The maximum absolute atomic E-state index is 12.2. The van der Waals surface area contributed by atoms with Crippen molar-refractivity contribution >= 4 is 16.0 Å². The van der Waals surface area contributed by atoms with Crippen molar-refractivity contribution in [2.24, 2.45) is 5.92 Å². The second-order valence-electron chi connectivity index (χ2n) is 4.98. The molecule has 1 aliphatic carbocycles. The van der Waals surface area contributed by atoms with Gasteiger partial charge in [0.15, 0.2) is 0 Å². The highest BCUT2D eigenvalue weighted by molar-refractivity contribution is 7.89. The van der Waals surface area contributed by atoms with Crippen LogP contribution in [0.4, 0.5) is 0 Å². The van der Waals surface area contributed by atoms with Crippen molar-refractivity contribution in [3.8, 4) is 0 Å². The van der Waals surface area contributed by atoms with Crippen LogP contribution in [0.2, 0.25) is 0 Å². The van der Waals surface area contributed by atoms with Crippen LogP contribution in [0.3, 0.4) is 0 Å². The van der Waals surface area contributed by atoms with E-state index >= 15 is 0 Å². The van der Waals surface area contributed by atoms with Gasteiger partial charge in [0.25, 0.3) is 0 Å². The average molecular weight is 283 g/mol. The highest BCUT2D eigenvalue weighted by atomic mass is 32.2. The molecule has 6 heteroatoms. The van der Waals surface area contributed by atoms with Crippen LogP contribution in [-0.4, -0.2) is 25.5 Å². The van der Waals surface area contributed by atoms with E-state index in [-0.39, 0.29) is 10.9 Å². The van der Waals surface area contributed by atoms with E-state index in [2.05, 4.69) is 4.72 Å². The molecule has 0 aliphatic heterocycles. The Balaban J connectivity index is 2.09. The van der Waals surface area contributed by atoms with Gasteiger partial charge in [-0.3, -0.25) is 4.79 Å². The standard InChI is InChI=1S/C13H17NO4S/c1-9-3-2-4-12(7-9)19(17,18)14-11-6-5-10(8-11)13(15)16/h2-4,7,10-11,14H,5-6,8H2,1H3,(H,15,16)/t10-,11+/m1/s1. The van der Waals surface area contributed by atoms with E-state index in [9.17, 15) is 13.2 Å².